The van der Waals surface area contributed by atoms with Crippen LogP contribution in [-0.4, -0.2) is 41.3 Å². The molecule has 3 rings (SSSR count). The average molecular weight is 495 g/mol. The predicted molar refractivity (Wildman–Crippen MR) is 119 cm³/mol. The largest absolute Gasteiger partial charge is 0.507 e. The van der Waals surface area contributed by atoms with Crippen LogP contribution < -0.4 is 0 Å². The van der Waals surface area contributed by atoms with Gasteiger partial charge in [-0.3, -0.25) is 9.11 Å². The zero-order valence-corrected chi connectivity index (χ0v) is 19.3. The minimum Gasteiger partial charge on any atom is -0.507 e. The molecule has 0 heterocycles. The van der Waals surface area contributed by atoms with E-state index in [2.05, 4.69) is 0 Å². The SMILES string of the molecule is Cc1cc(S(=O)(=O)O)cc(Cc2cccc(Cc3cc(S(=O)(=O)O)cc(C)c3O)c2O)c1O. The smallest absolute Gasteiger partial charge is 0.294 e. The monoisotopic (exact) mass is 494 g/mol. The number of aryl methyl sites for hydroxylation is 2. The molecular weight excluding hydrogens is 472 g/mol. The third-order valence-corrected chi connectivity index (χ3v) is 6.93. The Morgan fingerprint density at radius 2 is 0.970 bits per heavy atom. The van der Waals surface area contributed by atoms with E-state index in [1.807, 2.05) is 0 Å². The van der Waals surface area contributed by atoms with Gasteiger partial charge in [-0.05, 0) is 60.4 Å². The van der Waals surface area contributed by atoms with Gasteiger partial charge in [-0.15, -0.1) is 0 Å². The molecular formula is C22H22O9S2. The molecule has 0 aliphatic heterocycles. The summed E-state index contributed by atoms with van der Waals surface area (Å²) in [4.78, 5) is -0.795. The first-order chi connectivity index (χ1) is 15.2. The number of para-hydroxylation sites is 1. The average Bonchev–Trinajstić information content (AvgIpc) is 2.69. The molecule has 9 nitrogen and oxygen atoms in total. The van der Waals surface area contributed by atoms with Crippen LogP contribution in [0.5, 0.6) is 17.2 Å². The lowest BCUT2D eigenvalue weighted by atomic mass is 9.95. The molecule has 0 spiro atoms. The normalized spacial score (nSPS) is 12.1. The van der Waals surface area contributed by atoms with E-state index in [0.717, 1.165) is 24.3 Å². The molecule has 0 unspecified atom stereocenters. The van der Waals surface area contributed by atoms with Crippen LogP contribution in [0.25, 0.3) is 0 Å². The van der Waals surface area contributed by atoms with Crippen LogP contribution in [0.3, 0.4) is 0 Å². The van der Waals surface area contributed by atoms with Crippen molar-refractivity contribution in [2.24, 2.45) is 0 Å². The lowest BCUT2D eigenvalue weighted by Gasteiger charge is -2.14. The number of aromatic hydroxyl groups is 3. The highest BCUT2D eigenvalue weighted by atomic mass is 32.2. The van der Waals surface area contributed by atoms with Crippen LogP contribution >= 0.6 is 0 Å². The Kier molecular flexibility index (Phi) is 6.44. The van der Waals surface area contributed by atoms with Gasteiger partial charge in [0.05, 0.1) is 9.79 Å². The number of rotatable bonds is 6. The predicted octanol–water partition coefficient (Wildman–Crippen LogP) is 3.10. The maximum atomic E-state index is 11.5. The van der Waals surface area contributed by atoms with Crippen molar-refractivity contribution in [3.63, 3.8) is 0 Å². The van der Waals surface area contributed by atoms with Crippen molar-refractivity contribution in [2.75, 3.05) is 0 Å². The summed E-state index contributed by atoms with van der Waals surface area (Å²) in [5.74, 6) is -0.594. The molecule has 5 N–H and O–H groups in total. The Morgan fingerprint density at radius 1 is 0.606 bits per heavy atom. The second-order valence-electron chi connectivity index (χ2n) is 7.72. The van der Waals surface area contributed by atoms with Gasteiger partial charge < -0.3 is 15.3 Å². The van der Waals surface area contributed by atoms with Gasteiger partial charge in [0.2, 0.25) is 0 Å². The summed E-state index contributed by atoms with van der Waals surface area (Å²) in [5.41, 5.74) is 1.38. The van der Waals surface area contributed by atoms with Crippen molar-refractivity contribution in [1.82, 2.24) is 0 Å². The molecule has 0 saturated heterocycles. The first kappa shape index (κ1) is 24.5. The van der Waals surface area contributed by atoms with Crippen molar-refractivity contribution >= 4 is 20.2 Å². The summed E-state index contributed by atoms with van der Waals surface area (Å²) in [6.07, 6.45) is -0.155. The number of hydrogen-bond donors (Lipinski definition) is 5. The molecule has 0 saturated carbocycles. The highest BCUT2D eigenvalue weighted by molar-refractivity contribution is 7.86. The fourth-order valence-corrected chi connectivity index (χ4v) is 4.77. The van der Waals surface area contributed by atoms with Gasteiger partial charge in [0.25, 0.3) is 20.2 Å². The van der Waals surface area contributed by atoms with E-state index in [4.69, 9.17) is 0 Å². The second-order valence-corrected chi connectivity index (χ2v) is 10.6. The molecule has 11 heteroatoms. The van der Waals surface area contributed by atoms with Gasteiger partial charge >= 0.3 is 0 Å². The molecule has 33 heavy (non-hydrogen) atoms. The van der Waals surface area contributed by atoms with Crippen LogP contribution in [0.1, 0.15) is 33.4 Å². The zero-order valence-electron chi connectivity index (χ0n) is 17.6. The number of hydrogen-bond acceptors (Lipinski definition) is 7. The number of phenols is 3. The van der Waals surface area contributed by atoms with Crippen molar-refractivity contribution < 1.29 is 41.3 Å². The molecule has 0 aromatic heterocycles. The zero-order chi connectivity index (χ0) is 24.7. The van der Waals surface area contributed by atoms with Crippen molar-refractivity contribution in [3.05, 3.63) is 75.8 Å². The molecule has 0 aliphatic rings. The van der Waals surface area contributed by atoms with Crippen molar-refractivity contribution in [1.29, 1.82) is 0 Å². The summed E-state index contributed by atoms with van der Waals surface area (Å²) in [6.45, 7) is 2.94. The number of phenolic OH excluding ortho intramolecular Hbond substituents is 3. The van der Waals surface area contributed by atoms with Gasteiger partial charge in [-0.2, -0.15) is 16.8 Å². The lowest BCUT2D eigenvalue weighted by molar-refractivity contribution is 0.454. The minimum absolute atomic E-state index is 0.0776. The van der Waals surface area contributed by atoms with Gasteiger partial charge in [0.15, 0.2) is 0 Å². The molecule has 0 bridgehead atoms. The van der Waals surface area contributed by atoms with E-state index in [9.17, 15) is 41.3 Å². The fraction of sp³-hybridized carbons (Fsp3) is 0.182. The van der Waals surface area contributed by atoms with Crippen molar-refractivity contribution in [3.8, 4) is 17.2 Å². The molecule has 3 aromatic rings. The van der Waals surface area contributed by atoms with Crippen LogP contribution in [-0.2, 0) is 33.1 Å². The second kappa shape index (κ2) is 8.67. The summed E-state index contributed by atoms with van der Waals surface area (Å²) in [5, 5.41) is 31.5. The quantitative estimate of drug-likeness (QED) is 0.323. The molecule has 0 amide bonds. The standard InChI is InChI=1S/C22H22O9S2/c1-12-6-18(32(26,27)28)10-16(20(12)23)8-14-4-3-5-15(22(14)25)9-17-11-19(33(29,30)31)7-13(2)21(17)24/h3-7,10-11,23-25H,8-9H2,1-2H3,(H,26,27,28)(H,29,30,31). The third kappa shape index (κ3) is 5.28. The Hall–Kier alpha value is -3.12. The Balaban J connectivity index is 2.03. The summed E-state index contributed by atoms with van der Waals surface area (Å²) in [6, 6.07) is 9.15. The van der Waals surface area contributed by atoms with Crippen molar-refractivity contribution in [2.45, 2.75) is 36.5 Å². The van der Waals surface area contributed by atoms with Crippen LogP contribution in [0.4, 0.5) is 0 Å². The maximum absolute atomic E-state index is 11.5. The van der Waals surface area contributed by atoms with Crippen LogP contribution in [0.2, 0.25) is 0 Å². The van der Waals surface area contributed by atoms with Crippen LogP contribution in [0, 0.1) is 13.8 Å². The Bertz CT molecular complexity index is 1350. The summed E-state index contributed by atoms with van der Waals surface area (Å²) >= 11 is 0. The molecule has 0 radical (unpaired) electrons. The summed E-state index contributed by atoms with van der Waals surface area (Å²) in [7, 11) is -9.02. The first-order valence-electron chi connectivity index (χ1n) is 9.58. The molecule has 176 valence electrons. The van der Waals surface area contributed by atoms with E-state index in [1.54, 1.807) is 18.2 Å². The number of benzene rings is 3. The Labute approximate surface area is 191 Å². The maximum Gasteiger partial charge on any atom is 0.294 e. The minimum atomic E-state index is -4.51. The van der Waals surface area contributed by atoms with E-state index < -0.39 is 30.0 Å². The van der Waals surface area contributed by atoms with Gasteiger partial charge in [0, 0.05) is 24.0 Å². The first-order valence-corrected chi connectivity index (χ1v) is 12.5. The topological polar surface area (TPSA) is 169 Å². The van der Waals surface area contributed by atoms with E-state index in [-0.39, 0.29) is 52.3 Å². The lowest BCUT2D eigenvalue weighted by Crippen LogP contribution is -2.03. The van der Waals surface area contributed by atoms with Gasteiger partial charge in [-0.1, -0.05) is 18.2 Å². The van der Waals surface area contributed by atoms with Crippen LogP contribution in [0.15, 0.2) is 52.3 Å². The fourth-order valence-electron chi connectivity index (χ4n) is 3.54. The Morgan fingerprint density at radius 3 is 1.30 bits per heavy atom. The highest BCUT2D eigenvalue weighted by Gasteiger charge is 2.19. The highest BCUT2D eigenvalue weighted by Crippen LogP contribution is 2.34. The molecule has 0 atom stereocenters. The molecule has 0 fully saturated rings. The molecule has 3 aromatic carbocycles. The van der Waals surface area contributed by atoms with E-state index in [1.165, 1.54) is 13.8 Å². The van der Waals surface area contributed by atoms with E-state index >= 15 is 0 Å². The van der Waals surface area contributed by atoms with Gasteiger partial charge in [0.1, 0.15) is 17.2 Å². The van der Waals surface area contributed by atoms with E-state index in [0.29, 0.717) is 11.1 Å². The summed E-state index contributed by atoms with van der Waals surface area (Å²) < 4.78 is 64.8. The van der Waals surface area contributed by atoms with Gasteiger partial charge in [-0.25, -0.2) is 0 Å². The third-order valence-electron chi connectivity index (χ3n) is 5.27. The molecule has 0 aliphatic carbocycles.